The molecule has 0 saturated heterocycles. The molecule has 0 fully saturated rings. The number of halogens is 3. The number of hydrogen-bond acceptors (Lipinski definition) is 4. The van der Waals surface area contributed by atoms with Gasteiger partial charge in [0.25, 0.3) is 5.97 Å². The number of alkyl halides is 2. The molecule has 0 atom stereocenters. The molecule has 0 aromatic rings. The van der Waals surface area contributed by atoms with E-state index in [4.69, 9.17) is 15.0 Å². The molecule has 6 nitrogen and oxygen atoms in total. The van der Waals surface area contributed by atoms with Gasteiger partial charge in [0.2, 0.25) is 0 Å². The largest absolute Gasteiger partial charge is 0.481 e. The van der Waals surface area contributed by atoms with Crippen molar-refractivity contribution in [2.24, 2.45) is 0 Å². The number of carboxylic acid groups (broad SMARTS) is 2. The summed E-state index contributed by atoms with van der Waals surface area (Å²) >= 11 is 0. The molecular weight excluding hydrogens is 233 g/mol. The highest BCUT2D eigenvalue weighted by molar-refractivity contribution is 7.88. The summed E-state index contributed by atoms with van der Waals surface area (Å²) in [5.41, 5.74) is 0. The second kappa shape index (κ2) is 4.79. The summed E-state index contributed by atoms with van der Waals surface area (Å²) < 4.78 is 52.8. The van der Waals surface area contributed by atoms with E-state index in [0.29, 0.717) is 0 Å². The maximum absolute atomic E-state index is 11.5. The minimum absolute atomic E-state index is 0.833. The summed E-state index contributed by atoms with van der Waals surface area (Å²) in [6.45, 7) is 1.08. The first-order valence-corrected chi connectivity index (χ1v) is 4.06. The van der Waals surface area contributed by atoms with Crippen LogP contribution in [0.3, 0.4) is 0 Å². The molecular formula is C4H5F3O6S. The van der Waals surface area contributed by atoms with Crippen molar-refractivity contribution >= 4 is 22.2 Å². The monoisotopic (exact) mass is 238 g/mol. The van der Waals surface area contributed by atoms with Gasteiger partial charge in [0.1, 0.15) is 0 Å². The molecule has 10 heteroatoms. The number of carbonyl (C=O) groups is 2. The summed E-state index contributed by atoms with van der Waals surface area (Å²) in [6.07, 6.45) is 0. The normalized spacial score (nSPS) is 11.1. The van der Waals surface area contributed by atoms with Crippen LogP contribution in [0.2, 0.25) is 0 Å². The lowest BCUT2D eigenvalue weighted by Gasteiger charge is -2.02. The van der Waals surface area contributed by atoms with Crippen molar-refractivity contribution in [2.45, 2.75) is 12.2 Å². The van der Waals surface area contributed by atoms with Crippen LogP contribution >= 0.6 is 0 Å². The molecule has 0 rings (SSSR count). The van der Waals surface area contributed by atoms with Gasteiger partial charge in [0.05, 0.1) is 0 Å². The highest BCUT2D eigenvalue weighted by atomic mass is 32.3. The summed E-state index contributed by atoms with van der Waals surface area (Å²) in [7, 11) is -6.33. The maximum Gasteiger partial charge on any atom is 0.470 e. The van der Waals surface area contributed by atoms with E-state index in [2.05, 4.69) is 0 Å². The van der Waals surface area contributed by atoms with E-state index in [1.165, 1.54) is 0 Å². The molecule has 0 amide bonds. The van der Waals surface area contributed by atoms with Crippen LogP contribution in [0, 0.1) is 0 Å². The third-order valence-corrected chi connectivity index (χ3v) is 1.34. The topological polar surface area (TPSA) is 109 Å². The van der Waals surface area contributed by atoms with Gasteiger partial charge in [0.15, 0.2) is 0 Å². The van der Waals surface area contributed by atoms with Crippen LogP contribution in [0.15, 0.2) is 0 Å². The van der Waals surface area contributed by atoms with E-state index in [9.17, 15) is 25.9 Å². The van der Waals surface area contributed by atoms with Gasteiger partial charge >= 0.3 is 21.4 Å². The second-order valence-corrected chi connectivity index (χ2v) is 3.17. The molecule has 0 saturated carbocycles. The first-order chi connectivity index (χ1) is 5.93. The molecule has 0 heterocycles. The Bertz CT molecular complexity index is 316. The van der Waals surface area contributed by atoms with Crippen molar-refractivity contribution in [3.8, 4) is 0 Å². The minimum Gasteiger partial charge on any atom is -0.481 e. The Morgan fingerprint density at radius 2 is 1.43 bits per heavy atom. The third-order valence-electron chi connectivity index (χ3n) is 0.555. The molecule has 0 aromatic heterocycles. The lowest BCUT2D eigenvalue weighted by atomic mass is 10.7. The third kappa shape index (κ3) is 5.35. The Kier molecular flexibility index (Phi) is 5.19. The molecule has 84 valence electrons. The van der Waals surface area contributed by atoms with Crippen molar-refractivity contribution in [3.05, 3.63) is 0 Å². The maximum atomic E-state index is 11.5. The van der Waals surface area contributed by atoms with Crippen LogP contribution in [0.25, 0.3) is 0 Å². The zero-order valence-corrected chi connectivity index (χ0v) is 7.39. The molecule has 0 bridgehead atoms. The zero-order valence-electron chi connectivity index (χ0n) is 6.57. The molecule has 0 unspecified atom stereocenters. The summed E-state index contributed by atoms with van der Waals surface area (Å²) in [4.78, 5) is 18.3. The summed E-state index contributed by atoms with van der Waals surface area (Å²) in [5, 5.41) is 9.48. The van der Waals surface area contributed by atoms with Crippen molar-refractivity contribution in [2.75, 3.05) is 0 Å². The van der Waals surface area contributed by atoms with Gasteiger partial charge in [-0.15, -0.1) is 0 Å². The van der Waals surface area contributed by atoms with Crippen LogP contribution < -0.4 is 0 Å². The van der Waals surface area contributed by atoms with Gasteiger partial charge < -0.3 is 10.2 Å². The van der Waals surface area contributed by atoms with E-state index in [1.807, 2.05) is 0 Å². The molecule has 0 aliphatic carbocycles. The van der Waals surface area contributed by atoms with Crippen LogP contribution in [0.5, 0.6) is 0 Å². The van der Waals surface area contributed by atoms with Crippen LogP contribution in [0.1, 0.15) is 6.92 Å². The average molecular weight is 238 g/mol. The predicted molar refractivity (Wildman–Crippen MR) is 35.9 cm³/mol. The molecule has 0 aliphatic heterocycles. The van der Waals surface area contributed by atoms with E-state index >= 15 is 0 Å². The lowest BCUT2D eigenvalue weighted by Crippen LogP contribution is -2.34. The van der Waals surface area contributed by atoms with Crippen molar-refractivity contribution in [3.63, 3.8) is 0 Å². The van der Waals surface area contributed by atoms with Gasteiger partial charge in [-0.1, -0.05) is 3.89 Å². The number of aliphatic carboxylic acids is 2. The van der Waals surface area contributed by atoms with Gasteiger partial charge in [-0.25, -0.2) is 4.79 Å². The van der Waals surface area contributed by atoms with E-state index in [0.717, 1.165) is 6.92 Å². The van der Waals surface area contributed by atoms with Gasteiger partial charge in [0, 0.05) is 6.92 Å². The fraction of sp³-hybridized carbons (Fsp3) is 0.500. The lowest BCUT2D eigenvalue weighted by molar-refractivity contribution is -0.154. The van der Waals surface area contributed by atoms with Gasteiger partial charge in [-0.05, 0) is 0 Å². The Morgan fingerprint density at radius 3 is 1.43 bits per heavy atom. The number of hydrogen-bond donors (Lipinski definition) is 2. The zero-order chi connectivity index (χ0) is 12.2. The first kappa shape index (κ1) is 15.2. The quantitative estimate of drug-likeness (QED) is 0.658. The second-order valence-electron chi connectivity index (χ2n) is 1.78. The predicted octanol–water partition coefficient (Wildman–Crippen LogP) is 0.0540. The molecule has 0 spiro atoms. The van der Waals surface area contributed by atoms with Crippen molar-refractivity contribution in [1.29, 1.82) is 0 Å². The van der Waals surface area contributed by atoms with E-state index in [-0.39, 0.29) is 0 Å². The van der Waals surface area contributed by atoms with E-state index < -0.39 is 27.4 Å². The minimum atomic E-state index is -6.33. The first-order valence-electron chi connectivity index (χ1n) is 2.68. The number of rotatable bonds is 2. The highest BCUT2D eigenvalue weighted by Gasteiger charge is 2.54. The Morgan fingerprint density at radius 1 is 1.21 bits per heavy atom. The fourth-order valence-electron chi connectivity index (χ4n) is 0.104. The van der Waals surface area contributed by atoms with Crippen LogP contribution in [-0.2, 0) is 19.8 Å². The molecule has 0 aliphatic rings. The Balaban J connectivity index is 0. The van der Waals surface area contributed by atoms with Crippen LogP contribution in [0.4, 0.5) is 12.7 Å². The van der Waals surface area contributed by atoms with Gasteiger partial charge in [-0.2, -0.15) is 17.2 Å². The fourth-order valence-corrected chi connectivity index (χ4v) is 0.313. The molecule has 2 N–H and O–H groups in total. The smallest absolute Gasteiger partial charge is 0.470 e. The van der Waals surface area contributed by atoms with Crippen molar-refractivity contribution < 1.29 is 40.9 Å². The summed E-state index contributed by atoms with van der Waals surface area (Å²) in [5.74, 6) is -3.87. The Labute approximate surface area is 76.2 Å². The SMILES string of the molecule is CC(=O)O.O=C(O)C(F)(F)S(=O)(=O)F. The molecule has 14 heavy (non-hydrogen) atoms. The highest BCUT2D eigenvalue weighted by Crippen LogP contribution is 2.22. The standard InChI is InChI=1S/C2HF3O4S.C2H4O2/c3-2(4,1(6)7)10(5,8)9;1-2(3)4/h(H,6,7);1H3,(H,3,4). The molecule has 0 radical (unpaired) electrons. The average Bonchev–Trinajstić information content (AvgIpc) is 1.82. The summed E-state index contributed by atoms with van der Waals surface area (Å²) in [6, 6.07) is 0. The van der Waals surface area contributed by atoms with Crippen molar-refractivity contribution in [1.82, 2.24) is 0 Å². The van der Waals surface area contributed by atoms with Crippen LogP contribution in [-0.4, -0.2) is 35.8 Å². The van der Waals surface area contributed by atoms with E-state index in [1.54, 1.807) is 0 Å². The number of carboxylic acids is 2. The van der Waals surface area contributed by atoms with Gasteiger partial charge in [-0.3, -0.25) is 4.79 Å². The molecule has 0 aromatic carbocycles. The Hall–Kier alpha value is -1.32.